The lowest BCUT2D eigenvalue weighted by atomic mass is 10.1. The second-order valence-electron chi connectivity index (χ2n) is 6.03. The predicted octanol–water partition coefficient (Wildman–Crippen LogP) is 2.26. The van der Waals surface area contributed by atoms with Crippen LogP contribution in [0.1, 0.15) is 11.1 Å². The molecule has 1 fully saturated rings. The molecule has 0 aliphatic carbocycles. The van der Waals surface area contributed by atoms with Crippen LogP contribution in [0.25, 0.3) is 0 Å². The van der Waals surface area contributed by atoms with Gasteiger partial charge in [-0.2, -0.15) is 0 Å². The number of hydrogen-bond donors (Lipinski definition) is 0. The fraction of sp³-hybridized carbons (Fsp3) is 0.263. The van der Waals surface area contributed by atoms with Crippen molar-refractivity contribution in [1.29, 1.82) is 0 Å². The van der Waals surface area contributed by atoms with Crippen molar-refractivity contribution in [1.82, 2.24) is 4.90 Å². The maximum absolute atomic E-state index is 12.4. The third-order valence-corrected chi connectivity index (χ3v) is 4.34. The Morgan fingerprint density at radius 3 is 2.50 bits per heavy atom. The monoisotopic (exact) mass is 321 g/mol. The Bertz CT molecular complexity index is 772. The summed E-state index contributed by atoms with van der Waals surface area (Å²) in [6, 6.07) is 19.9. The summed E-state index contributed by atoms with van der Waals surface area (Å²) in [5.41, 5.74) is 2.11. The number of hydrogen-bond acceptors (Lipinski definition) is 4. The fourth-order valence-electron chi connectivity index (χ4n) is 3.08. The Balaban J connectivity index is 1.43. The molecule has 0 bridgehead atoms. The molecule has 2 aliphatic rings. The van der Waals surface area contributed by atoms with E-state index in [4.69, 9.17) is 4.74 Å². The predicted molar refractivity (Wildman–Crippen MR) is 93.1 cm³/mol. The van der Waals surface area contributed by atoms with E-state index in [0.29, 0.717) is 24.8 Å². The van der Waals surface area contributed by atoms with Crippen LogP contribution in [-0.4, -0.2) is 47.1 Å². The minimum Gasteiger partial charge on any atom is -0.740 e. The summed E-state index contributed by atoms with van der Waals surface area (Å²) in [7, 11) is 0. The summed E-state index contributed by atoms with van der Waals surface area (Å²) in [6.07, 6.45) is -0.257. The molecule has 1 saturated heterocycles. The van der Waals surface area contributed by atoms with Gasteiger partial charge in [0.15, 0.2) is 6.10 Å². The normalized spacial score (nSPS) is 21.3. The summed E-state index contributed by atoms with van der Waals surface area (Å²) in [5, 5.41) is 12.4. The Hall–Kier alpha value is -2.50. The van der Waals surface area contributed by atoms with Gasteiger partial charge < -0.3 is 9.94 Å². The number of aliphatic imine (C=N–C) groups is 1. The zero-order chi connectivity index (χ0) is 16.4. The highest BCUT2D eigenvalue weighted by Gasteiger charge is 2.35. The van der Waals surface area contributed by atoms with E-state index in [1.54, 1.807) is 0 Å². The molecule has 24 heavy (non-hydrogen) atoms. The third kappa shape index (κ3) is 2.96. The van der Waals surface area contributed by atoms with Crippen molar-refractivity contribution < 1.29 is 9.48 Å². The van der Waals surface area contributed by atoms with Crippen molar-refractivity contribution in [2.45, 2.75) is 12.6 Å². The number of morpholine rings is 1. The standard InChI is InChI=1S/C19H19N3O2/c23-22-18(16-9-5-2-6-10-16)20-19(22)17-14-21(11-12-24-17)13-15-7-3-1-4-8-15/h1-10,17H,11-14H2. The highest BCUT2D eigenvalue weighted by atomic mass is 16.5. The van der Waals surface area contributed by atoms with Gasteiger partial charge in [-0.3, -0.25) is 4.90 Å². The molecule has 5 heteroatoms. The van der Waals surface area contributed by atoms with Crippen LogP contribution in [0.2, 0.25) is 0 Å². The molecule has 122 valence electrons. The van der Waals surface area contributed by atoms with Gasteiger partial charge in [-0.15, -0.1) is 0 Å². The summed E-state index contributed by atoms with van der Waals surface area (Å²) in [5.74, 6) is 0.945. The van der Waals surface area contributed by atoms with Gasteiger partial charge in [0, 0.05) is 19.6 Å². The van der Waals surface area contributed by atoms with Crippen molar-refractivity contribution in [2.75, 3.05) is 19.7 Å². The number of amidine groups is 2. The lowest BCUT2D eigenvalue weighted by molar-refractivity contribution is -0.345. The van der Waals surface area contributed by atoms with Crippen LogP contribution in [0.5, 0.6) is 0 Å². The van der Waals surface area contributed by atoms with Gasteiger partial charge in [-0.1, -0.05) is 53.5 Å². The Kier molecular flexibility index (Phi) is 4.11. The van der Waals surface area contributed by atoms with E-state index in [-0.39, 0.29) is 6.10 Å². The highest BCUT2D eigenvalue weighted by Crippen LogP contribution is 2.17. The number of hydroxylamine groups is 1. The quantitative estimate of drug-likeness (QED) is 0.641. The largest absolute Gasteiger partial charge is 0.740 e. The molecule has 5 nitrogen and oxygen atoms in total. The first-order valence-corrected chi connectivity index (χ1v) is 8.17. The van der Waals surface area contributed by atoms with Gasteiger partial charge >= 0.3 is 0 Å². The average Bonchev–Trinajstić information content (AvgIpc) is 2.63. The molecular weight excluding hydrogens is 302 g/mol. The van der Waals surface area contributed by atoms with Gasteiger partial charge in [0.05, 0.1) is 12.2 Å². The second kappa shape index (κ2) is 6.55. The van der Waals surface area contributed by atoms with Gasteiger partial charge in [0.1, 0.15) is 0 Å². The van der Waals surface area contributed by atoms with Gasteiger partial charge in [-0.25, -0.2) is 4.74 Å². The van der Waals surface area contributed by atoms with E-state index < -0.39 is 0 Å². The number of benzene rings is 2. The van der Waals surface area contributed by atoms with Crippen LogP contribution in [0.15, 0.2) is 65.7 Å². The van der Waals surface area contributed by atoms with Crippen molar-refractivity contribution >= 4 is 11.7 Å². The molecule has 1 atom stereocenters. The Morgan fingerprint density at radius 2 is 1.79 bits per heavy atom. The number of ether oxygens (including phenoxy) is 1. The second-order valence-corrected chi connectivity index (χ2v) is 6.03. The number of nitrogens with zero attached hydrogens (tertiary/aromatic N) is 3. The molecule has 2 heterocycles. The lowest BCUT2D eigenvalue weighted by Gasteiger charge is -2.34. The van der Waals surface area contributed by atoms with Crippen molar-refractivity contribution in [2.24, 2.45) is 4.99 Å². The number of rotatable bonds is 4. The molecule has 2 aliphatic heterocycles. The minimum absolute atomic E-state index is 0.257. The molecule has 0 radical (unpaired) electrons. The zero-order valence-electron chi connectivity index (χ0n) is 13.3. The first kappa shape index (κ1) is 15.1. The molecule has 0 aromatic heterocycles. The maximum Gasteiger partial charge on any atom is 0.274 e. The highest BCUT2D eigenvalue weighted by molar-refractivity contribution is 6.10. The maximum atomic E-state index is 12.4. The Labute approximate surface area is 141 Å². The van der Waals surface area contributed by atoms with Crippen molar-refractivity contribution in [3.05, 3.63) is 77.0 Å². The minimum atomic E-state index is -0.257. The molecule has 4 rings (SSSR count). The van der Waals surface area contributed by atoms with Gasteiger partial charge in [0.25, 0.3) is 11.7 Å². The van der Waals surface area contributed by atoms with E-state index in [0.717, 1.165) is 23.4 Å². The SMILES string of the molecule is [O-][N+]1=C(C2CN(Cc3ccccc3)CCO2)N=C1c1ccccc1. The van der Waals surface area contributed by atoms with Crippen LogP contribution >= 0.6 is 0 Å². The van der Waals surface area contributed by atoms with E-state index in [9.17, 15) is 5.21 Å². The van der Waals surface area contributed by atoms with E-state index in [2.05, 4.69) is 22.0 Å². The first-order chi connectivity index (χ1) is 11.8. The smallest absolute Gasteiger partial charge is 0.274 e. The molecule has 0 amide bonds. The van der Waals surface area contributed by atoms with Crippen LogP contribution in [-0.2, 0) is 11.3 Å². The summed E-state index contributed by atoms with van der Waals surface area (Å²) in [4.78, 5) is 6.74. The van der Waals surface area contributed by atoms with E-state index in [1.165, 1.54) is 5.56 Å². The topological polar surface area (TPSA) is 50.9 Å². The summed E-state index contributed by atoms with van der Waals surface area (Å²) in [6.45, 7) is 3.04. The Morgan fingerprint density at radius 1 is 1.08 bits per heavy atom. The molecule has 2 aromatic carbocycles. The molecule has 2 aromatic rings. The molecular formula is C19H19N3O2. The summed E-state index contributed by atoms with van der Waals surface area (Å²) >= 11 is 0. The molecule has 0 spiro atoms. The van der Waals surface area contributed by atoms with Gasteiger partial charge in [0.2, 0.25) is 0 Å². The lowest BCUT2D eigenvalue weighted by Crippen LogP contribution is -2.50. The van der Waals surface area contributed by atoms with E-state index >= 15 is 0 Å². The van der Waals surface area contributed by atoms with Gasteiger partial charge in [-0.05, 0) is 17.7 Å². The van der Waals surface area contributed by atoms with E-state index in [1.807, 2.05) is 48.5 Å². The molecule has 1 unspecified atom stereocenters. The average molecular weight is 321 g/mol. The first-order valence-electron chi connectivity index (χ1n) is 8.17. The van der Waals surface area contributed by atoms with Crippen molar-refractivity contribution in [3.63, 3.8) is 0 Å². The third-order valence-electron chi connectivity index (χ3n) is 4.34. The molecule has 0 N–H and O–H groups in total. The van der Waals surface area contributed by atoms with Crippen LogP contribution < -0.4 is 0 Å². The zero-order valence-corrected chi connectivity index (χ0v) is 13.3. The van der Waals surface area contributed by atoms with Crippen molar-refractivity contribution in [3.8, 4) is 0 Å². The summed E-state index contributed by atoms with van der Waals surface area (Å²) < 4.78 is 6.69. The van der Waals surface area contributed by atoms with Crippen LogP contribution in [0, 0.1) is 5.21 Å². The van der Waals surface area contributed by atoms with Crippen LogP contribution in [0.4, 0.5) is 0 Å². The fourth-order valence-corrected chi connectivity index (χ4v) is 3.08. The van der Waals surface area contributed by atoms with Crippen LogP contribution in [0.3, 0.4) is 0 Å². The molecule has 0 saturated carbocycles.